The molecule has 0 unspecified atom stereocenters. The average molecular weight is 311 g/mol. The van der Waals surface area contributed by atoms with Crippen LogP contribution in [-0.2, 0) is 18.9 Å². The first kappa shape index (κ1) is 15.9. The predicted octanol–water partition coefficient (Wildman–Crippen LogP) is 0.286. The van der Waals surface area contributed by atoms with Gasteiger partial charge in [0.25, 0.3) is 0 Å². The summed E-state index contributed by atoms with van der Waals surface area (Å²) in [6, 6.07) is 3.47. The summed E-state index contributed by atoms with van der Waals surface area (Å²) >= 11 is 6.00. The number of carbonyl (C=O) groups excluding carboxylic acids is 2. The molecule has 1 fully saturated rings. The van der Waals surface area contributed by atoms with Crippen LogP contribution in [0.4, 0.5) is 0 Å². The normalized spacial score (nSPS) is 13.8. The zero-order chi connectivity index (χ0) is 15.2. The van der Waals surface area contributed by atoms with Gasteiger partial charge in [-0.3, -0.25) is 4.79 Å². The Bertz CT molecular complexity index is 525. The molecule has 6 nitrogen and oxygen atoms in total. The van der Waals surface area contributed by atoms with Crippen molar-refractivity contribution in [3.8, 4) is 0 Å². The largest absolute Gasteiger partial charge is 0.564 e. The molecule has 1 aliphatic rings. The second kappa shape index (κ2) is 7.54. The molecule has 0 bridgehead atoms. The number of pyridine rings is 1. The minimum Gasteiger partial charge on any atom is -0.505 e. The van der Waals surface area contributed by atoms with Crippen LogP contribution in [0.15, 0.2) is 12.1 Å². The third-order valence-electron chi connectivity index (χ3n) is 3.05. The third-order valence-corrected chi connectivity index (χ3v) is 3.25. The molecule has 0 saturated heterocycles. The fourth-order valence-corrected chi connectivity index (χ4v) is 2.13. The maximum absolute atomic E-state index is 11.6. The average Bonchev–Trinajstić information content (AvgIpc) is 3.29. The number of aldehydes is 1. The highest BCUT2D eigenvalue weighted by molar-refractivity contribution is 6.63. The minimum absolute atomic E-state index is 0.0626. The van der Waals surface area contributed by atoms with E-state index < -0.39 is 13.1 Å². The van der Waals surface area contributed by atoms with Crippen LogP contribution in [-0.4, -0.2) is 44.6 Å². The Morgan fingerprint density at radius 3 is 2.95 bits per heavy atom. The Hall–Kier alpha value is -1.44. The topological polar surface area (TPSA) is 77.5 Å². The summed E-state index contributed by atoms with van der Waals surface area (Å²) in [7, 11) is 0.607. The molecule has 1 aromatic heterocycles. The smallest absolute Gasteiger partial charge is 0.505 e. The SMILES string of the molecule is COB(OC(=O)CNCC=O)c1cc(Cl)nc(C2CC2)c1. The quantitative estimate of drug-likeness (QED) is 0.322. The molecule has 1 heterocycles. The second-order valence-corrected chi connectivity index (χ2v) is 5.16. The van der Waals surface area contributed by atoms with E-state index in [4.69, 9.17) is 20.9 Å². The lowest BCUT2D eigenvalue weighted by Crippen LogP contribution is -2.41. The molecule has 0 aliphatic heterocycles. The van der Waals surface area contributed by atoms with Crippen LogP contribution in [0.25, 0.3) is 0 Å². The molecule has 1 N–H and O–H groups in total. The minimum atomic E-state index is -0.839. The van der Waals surface area contributed by atoms with Gasteiger partial charge in [0.2, 0.25) is 0 Å². The van der Waals surface area contributed by atoms with E-state index in [1.807, 2.05) is 6.07 Å². The van der Waals surface area contributed by atoms with Gasteiger partial charge < -0.3 is 19.4 Å². The first-order valence-corrected chi connectivity index (χ1v) is 7.06. The number of carbonyl (C=O) groups is 2. The van der Waals surface area contributed by atoms with Crippen LogP contribution in [0.5, 0.6) is 0 Å². The van der Waals surface area contributed by atoms with Gasteiger partial charge >= 0.3 is 13.1 Å². The number of nitrogens with one attached hydrogen (secondary N) is 1. The Morgan fingerprint density at radius 2 is 2.33 bits per heavy atom. The Morgan fingerprint density at radius 1 is 1.57 bits per heavy atom. The molecule has 1 aliphatic carbocycles. The maximum atomic E-state index is 11.6. The first-order chi connectivity index (χ1) is 10.1. The number of rotatable bonds is 8. The van der Waals surface area contributed by atoms with Gasteiger partial charge in [0.1, 0.15) is 11.4 Å². The van der Waals surface area contributed by atoms with Gasteiger partial charge in [-0.05, 0) is 25.0 Å². The molecular weight excluding hydrogens is 294 g/mol. The molecule has 8 heteroatoms. The maximum Gasteiger partial charge on any atom is 0.564 e. The molecule has 1 aromatic rings. The van der Waals surface area contributed by atoms with Gasteiger partial charge in [0.15, 0.2) is 0 Å². The molecule has 1 saturated carbocycles. The monoisotopic (exact) mass is 310 g/mol. The van der Waals surface area contributed by atoms with Crippen molar-refractivity contribution in [2.75, 3.05) is 20.2 Å². The van der Waals surface area contributed by atoms with Gasteiger partial charge in [0.05, 0.1) is 13.1 Å². The van der Waals surface area contributed by atoms with E-state index in [2.05, 4.69) is 10.3 Å². The number of aromatic nitrogens is 1. The third kappa shape index (κ3) is 4.80. The lowest BCUT2D eigenvalue weighted by molar-refractivity contribution is -0.134. The van der Waals surface area contributed by atoms with E-state index in [-0.39, 0.29) is 13.1 Å². The molecule has 112 valence electrons. The van der Waals surface area contributed by atoms with Crippen molar-refractivity contribution in [3.63, 3.8) is 0 Å². The van der Waals surface area contributed by atoms with Crippen LogP contribution >= 0.6 is 11.6 Å². The molecule has 0 atom stereocenters. The van der Waals surface area contributed by atoms with Crippen LogP contribution in [0.3, 0.4) is 0 Å². The standard InChI is InChI=1S/C13H16BClN2O4/c1-20-14(21-13(19)8-16-4-5-18)10-6-11(9-2-3-9)17-12(15)7-10/h5-7,9,16H,2-4,8H2,1H3. The summed E-state index contributed by atoms with van der Waals surface area (Å²) < 4.78 is 10.4. The number of nitrogens with zero attached hydrogens (tertiary/aromatic N) is 1. The summed E-state index contributed by atoms with van der Waals surface area (Å²) in [6.07, 6.45) is 2.87. The molecule has 0 radical (unpaired) electrons. The van der Waals surface area contributed by atoms with Crippen molar-refractivity contribution in [2.45, 2.75) is 18.8 Å². The summed E-state index contributed by atoms with van der Waals surface area (Å²) in [6.45, 7) is 0.0343. The van der Waals surface area contributed by atoms with Crippen LogP contribution < -0.4 is 10.8 Å². The van der Waals surface area contributed by atoms with Gasteiger partial charge in [-0.15, -0.1) is 0 Å². The molecule has 0 spiro atoms. The van der Waals surface area contributed by atoms with E-state index in [0.29, 0.717) is 22.8 Å². The molecule has 0 amide bonds. The Kier molecular flexibility index (Phi) is 5.72. The zero-order valence-corrected chi connectivity index (χ0v) is 12.4. The molecular formula is C13H16BClN2O4. The molecule has 2 rings (SSSR count). The Labute approximate surface area is 128 Å². The molecule has 21 heavy (non-hydrogen) atoms. The lowest BCUT2D eigenvalue weighted by Gasteiger charge is -2.13. The van der Waals surface area contributed by atoms with E-state index in [1.165, 1.54) is 7.11 Å². The van der Waals surface area contributed by atoms with Crippen molar-refractivity contribution in [2.24, 2.45) is 0 Å². The fraction of sp³-hybridized carbons (Fsp3) is 0.462. The van der Waals surface area contributed by atoms with Gasteiger partial charge in [0, 0.05) is 24.2 Å². The highest BCUT2D eigenvalue weighted by atomic mass is 35.5. The predicted molar refractivity (Wildman–Crippen MR) is 78.6 cm³/mol. The van der Waals surface area contributed by atoms with Gasteiger partial charge in [-0.2, -0.15) is 0 Å². The van der Waals surface area contributed by atoms with Crippen molar-refractivity contribution < 1.29 is 18.9 Å². The highest BCUT2D eigenvalue weighted by Gasteiger charge is 2.30. The van der Waals surface area contributed by atoms with Crippen molar-refractivity contribution in [1.82, 2.24) is 10.3 Å². The van der Waals surface area contributed by atoms with Gasteiger partial charge in [-0.25, -0.2) is 4.98 Å². The summed E-state index contributed by atoms with van der Waals surface area (Å²) in [5, 5.41) is 2.98. The van der Waals surface area contributed by atoms with E-state index in [1.54, 1.807) is 6.07 Å². The second-order valence-electron chi connectivity index (χ2n) is 4.78. The van der Waals surface area contributed by atoms with Crippen LogP contribution in [0.1, 0.15) is 24.5 Å². The highest BCUT2D eigenvalue weighted by Crippen LogP contribution is 2.38. The first-order valence-electron chi connectivity index (χ1n) is 6.68. The van der Waals surface area contributed by atoms with Crippen LogP contribution in [0.2, 0.25) is 5.15 Å². The van der Waals surface area contributed by atoms with Crippen molar-refractivity contribution in [3.05, 3.63) is 23.0 Å². The van der Waals surface area contributed by atoms with Crippen molar-refractivity contribution >= 4 is 36.4 Å². The van der Waals surface area contributed by atoms with E-state index in [0.717, 1.165) is 18.5 Å². The van der Waals surface area contributed by atoms with Crippen LogP contribution in [0, 0.1) is 0 Å². The number of halogens is 1. The lowest BCUT2D eigenvalue weighted by atomic mass is 9.79. The fourth-order valence-electron chi connectivity index (χ4n) is 1.91. The van der Waals surface area contributed by atoms with Gasteiger partial charge in [-0.1, -0.05) is 11.6 Å². The molecule has 0 aromatic carbocycles. The zero-order valence-electron chi connectivity index (χ0n) is 11.7. The van der Waals surface area contributed by atoms with E-state index in [9.17, 15) is 9.59 Å². The van der Waals surface area contributed by atoms with Crippen molar-refractivity contribution in [1.29, 1.82) is 0 Å². The number of hydrogen-bond acceptors (Lipinski definition) is 6. The summed E-state index contributed by atoms with van der Waals surface area (Å²) in [5.41, 5.74) is 1.55. The Balaban J connectivity index is 2.02. The summed E-state index contributed by atoms with van der Waals surface area (Å²) in [4.78, 5) is 26.1. The summed E-state index contributed by atoms with van der Waals surface area (Å²) in [5.74, 6) is -0.0745. The number of hydrogen-bond donors (Lipinski definition) is 1. The van der Waals surface area contributed by atoms with E-state index >= 15 is 0 Å².